The van der Waals surface area contributed by atoms with E-state index in [1.54, 1.807) is 36.4 Å². The average Bonchev–Trinajstić information content (AvgIpc) is 2.89. The van der Waals surface area contributed by atoms with Crippen LogP contribution in [-0.2, 0) is 4.79 Å². The van der Waals surface area contributed by atoms with Crippen molar-refractivity contribution < 1.29 is 14.3 Å². The zero-order valence-electron chi connectivity index (χ0n) is 9.33. The second-order valence-electron chi connectivity index (χ2n) is 3.57. The summed E-state index contributed by atoms with van der Waals surface area (Å²) in [6, 6.07) is 12.1. The summed E-state index contributed by atoms with van der Waals surface area (Å²) in [7, 11) is 0. The van der Waals surface area contributed by atoms with Gasteiger partial charge in [-0.2, -0.15) is 5.26 Å². The Bertz CT molecular complexity index is 633. The summed E-state index contributed by atoms with van der Waals surface area (Å²) in [6.45, 7) is 0. The standard InChI is InChI=1S/C14H9NO3/c15-9-10-3-1-4-11(7-10)12(8-14(16)17)13-5-2-6-18-13/h1-8H,(H,16,17)/b12-8-. The van der Waals surface area contributed by atoms with Crippen LogP contribution in [0.25, 0.3) is 5.57 Å². The minimum absolute atomic E-state index is 0.435. The molecule has 0 bridgehead atoms. The van der Waals surface area contributed by atoms with Crippen molar-refractivity contribution in [2.75, 3.05) is 0 Å². The number of hydrogen-bond acceptors (Lipinski definition) is 3. The van der Waals surface area contributed by atoms with Crippen molar-refractivity contribution in [3.8, 4) is 6.07 Å². The Morgan fingerprint density at radius 1 is 1.33 bits per heavy atom. The van der Waals surface area contributed by atoms with Gasteiger partial charge in [-0.05, 0) is 29.8 Å². The normalized spacial score (nSPS) is 10.9. The molecule has 0 atom stereocenters. The summed E-state index contributed by atoms with van der Waals surface area (Å²) in [4.78, 5) is 10.8. The number of carboxylic acid groups (broad SMARTS) is 1. The highest BCUT2D eigenvalue weighted by Gasteiger charge is 2.10. The predicted octanol–water partition coefficient (Wildman–Crippen LogP) is 2.67. The van der Waals surface area contributed by atoms with Crippen molar-refractivity contribution in [3.05, 3.63) is 65.6 Å². The van der Waals surface area contributed by atoms with Crippen molar-refractivity contribution in [1.82, 2.24) is 0 Å². The molecule has 0 radical (unpaired) electrons. The van der Waals surface area contributed by atoms with Gasteiger partial charge in [-0.3, -0.25) is 0 Å². The van der Waals surface area contributed by atoms with Gasteiger partial charge in [-0.15, -0.1) is 0 Å². The van der Waals surface area contributed by atoms with Gasteiger partial charge in [0.05, 0.1) is 17.9 Å². The number of nitrogens with zero attached hydrogens (tertiary/aromatic N) is 1. The summed E-state index contributed by atoms with van der Waals surface area (Å²) in [5, 5.41) is 17.7. The smallest absolute Gasteiger partial charge is 0.329 e. The van der Waals surface area contributed by atoms with E-state index in [4.69, 9.17) is 14.8 Å². The fraction of sp³-hybridized carbons (Fsp3) is 0. The molecule has 0 aliphatic rings. The Kier molecular flexibility index (Phi) is 3.26. The molecule has 0 saturated heterocycles. The van der Waals surface area contributed by atoms with Crippen LogP contribution in [0.4, 0.5) is 0 Å². The summed E-state index contributed by atoms with van der Waals surface area (Å²) >= 11 is 0. The number of hydrogen-bond donors (Lipinski definition) is 1. The van der Waals surface area contributed by atoms with Gasteiger partial charge in [0, 0.05) is 11.6 Å². The van der Waals surface area contributed by atoms with E-state index in [0.29, 0.717) is 22.5 Å². The summed E-state index contributed by atoms with van der Waals surface area (Å²) in [5.74, 6) is -0.615. The number of benzene rings is 1. The first-order valence-electron chi connectivity index (χ1n) is 5.20. The Labute approximate surface area is 103 Å². The SMILES string of the molecule is N#Cc1cccc(/C(=C/C(=O)O)c2ccco2)c1. The van der Waals surface area contributed by atoms with Gasteiger partial charge in [0.1, 0.15) is 5.76 Å². The van der Waals surface area contributed by atoms with E-state index in [0.717, 1.165) is 6.08 Å². The van der Waals surface area contributed by atoms with E-state index in [1.807, 2.05) is 6.07 Å². The molecule has 1 heterocycles. The molecule has 2 rings (SSSR count). The largest absolute Gasteiger partial charge is 0.478 e. The third-order valence-electron chi connectivity index (χ3n) is 2.36. The number of aliphatic carboxylic acids is 1. The first-order chi connectivity index (χ1) is 8.70. The van der Waals surface area contributed by atoms with E-state index in [2.05, 4.69) is 0 Å². The van der Waals surface area contributed by atoms with Crippen LogP contribution in [-0.4, -0.2) is 11.1 Å². The van der Waals surface area contributed by atoms with E-state index in [1.165, 1.54) is 6.26 Å². The molecule has 4 heteroatoms. The number of rotatable bonds is 3. The molecule has 0 spiro atoms. The maximum Gasteiger partial charge on any atom is 0.329 e. The molecular formula is C14H9NO3. The Hall–Kier alpha value is -2.80. The minimum atomic E-state index is -1.07. The molecule has 0 saturated carbocycles. The predicted molar refractivity (Wildman–Crippen MR) is 64.6 cm³/mol. The van der Waals surface area contributed by atoms with Gasteiger partial charge in [0.2, 0.25) is 0 Å². The van der Waals surface area contributed by atoms with Crippen LogP contribution in [0, 0.1) is 11.3 Å². The molecule has 0 aliphatic heterocycles. The number of nitriles is 1. The third-order valence-corrected chi connectivity index (χ3v) is 2.36. The Morgan fingerprint density at radius 2 is 2.17 bits per heavy atom. The van der Waals surface area contributed by atoms with Gasteiger partial charge in [0.15, 0.2) is 0 Å². The maximum absolute atomic E-state index is 10.8. The first kappa shape index (κ1) is 11.7. The molecule has 0 aliphatic carbocycles. The molecule has 0 fully saturated rings. The highest BCUT2D eigenvalue weighted by Crippen LogP contribution is 2.24. The number of furan rings is 1. The lowest BCUT2D eigenvalue weighted by Gasteiger charge is -2.04. The molecular weight excluding hydrogens is 230 g/mol. The van der Waals surface area contributed by atoms with Crippen LogP contribution in [0.1, 0.15) is 16.9 Å². The van der Waals surface area contributed by atoms with E-state index in [9.17, 15) is 4.79 Å². The van der Waals surface area contributed by atoms with E-state index in [-0.39, 0.29) is 0 Å². The highest BCUT2D eigenvalue weighted by atomic mass is 16.4. The van der Waals surface area contributed by atoms with E-state index < -0.39 is 5.97 Å². The molecule has 2 aromatic rings. The lowest BCUT2D eigenvalue weighted by Crippen LogP contribution is -1.94. The molecule has 1 N–H and O–H groups in total. The lowest BCUT2D eigenvalue weighted by molar-refractivity contribution is -0.131. The van der Waals surface area contributed by atoms with Crippen molar-refractivity contribution in [2.24, 2.45) is 0 Å². The van der Waals surface area contributed by atoms with Crippen molar-refractivity contribution >= 4 is 11.5 Å². The second-order valence-corrected chi connectivity index (χ2v) is 3.57. The number of carbonyl (C=O) groups is 1. The molecule has 1 aromatic heterocycles. The van der Waals surface area contributed by atoms with Crippen LogP contribution < -0.4 is 0 Å². The van der Waals surface area contributed by atoms with Crippen LogP contribution >= 0.6 is 0 Å². The number of carboxylic acids is 1. The van der Waals surface area contributed by atoms with Gasteiger partial charge < -0.3 is 9.52 Å². The van der Waals surface area contributed by atoms with Crippen molar-refractivity contribution in [3.63, 3.8) is 0 Å². The summed E-state index contributed by atoms with van der Waals surface area (Å²) in [6.07, 6.45) is 2.54. The van der Waals surface area contributed by atoms with Crippen LogP contribution in [0.5, 0.6) is 0 Å². The molecule has 0 unspecified atom stereocenters. The van der Waals surface area contributed by atoms with Crippen LogP contribution in [0.15, 0.2) is 53.2 Å². The monoisotopic (exact) mass is 239 g/mol. The molecule has 4 nitrogen and oxygen atoms in total. The highest BCUT2D eigenvalue weighted by molar-refractivity contribution is 5.94. The lowest BCUT2D eigenvalue weighted by atomic mass is 10.0. The summed E-state index contributed by atoms with van der Waals surface area (Å²) < 4.78 is 5.21. The summed E-state index contributed by atoms with van der Waals surface area (Å²) in [5.41, 5.74) is 1.53. The van der Waals surface area contributed by atoms with Crippen LogP contribution in [0.3, 0.4) is 0 Å². The molecule has 0 amide bonds. The van der Waals surface area contributed by atoms with Crippen LogP contribution in [0.2, 0.25) is 0 Å². The van der Waals surface area contributed by atoms with E-state index >= 15 is 0 Å². The average molecular weight is 239 g/mol. The van der Waals surface area contributed by atoms with Crippen molar-refractivity contribution in [2.45, 2.75) is 0 Å². The maximum atomic E-state index is 10.8. The zero-order chi connectivity index (χ0) is 13.0. The third kappa shape index (κ3) is 2.47. The first-order valence-corrected chi connectivity index (χ1v) is 5.20. The van der Waals surface area contributed by atoms with Gasteiger partial charge >= 0.3 is 5.97 Å². The van der Waals surface area contributed by atoms with Gasteiger partial charge in [0.25, 0.3) is 0 Å². The quantitative estimate of drug-likeness (QED) is 0.835. The molecule has 1 aromatic carbocycles. The van der Waals surface area contributed by atoms with Gasteiger partial charge in [-0.25, -0.2) is 4.79 Å². The Balaban J connectivity index is 2.54. The Morgan fingerprint density at radius 3 is 2.78 bits per heavy atom. The minimum Gasteiger partial charge on any atom is -0.478 e. The topological polar surface area (TPSA) is 74.2 Å². The molecule has 88 valence electrons. The van der Waals surface area contributed by atoms with Gasteiger partial charge in [-0.1, -0.05) is 12.1 Å². The second kappa shape index (κ2) is 5.02. The van der Waals surface area contributed by atoms with Crippen molar-refractivity contribution in [1.29, 1.82) is 5.26 Å². The fourth-order valence-corrected chi connectivity index (χ4v) is 1.61. The zero-order valence-corrected chi connectivity index (χ0v) is 9.33. The molecule has 18 heavy (non-hydrogen) atoms. The fourth-order valence-electron chi connectivity index (χ4n) is 1.61.